The lowest BCUT2D eigenvalue weighted by Crippen LogP contribution is -2.28. The Labute approximate surface area is 188 Å². The average Bonchev–Trinajstić information content (AvgIpc) is 3.14. The van der Waals surface area contributed by atoms with E-state index in [1.165, 1.54) is 34.6 Å². The molecule has 0 aliphatic heterocycles. The van der Waals surface area contributed by atoms with Crippen molar-refractivity contribution >= 4 is 39.8 Å². The maximum atomic E-state index is 14.2. The highest BCUT2D eigenvalue weighted by Gasteiger charge is 2.29. The molecule has 2 amide bonds. The molecule has 0 unspecified atom stereocenters. The number of hydrogen-bond acceptors (Lipinski definition) is 4. The largest absolute Gasteiger partial charge is 0.337 e. The van der Waals surface area contributed by atoms with E-state index in [0.29, 0.717) is 16.1 Å². The fourth-order valence-corrected chi connectivity index (χ4v) is 5.23. The lowest BCUT2D eigenvalue weighted by molar-refractivity contribution is 0.0784. The molecule has 0 bridgehead atoms. The summed E-state index contributed by atoms with van der Waals surface area (Å²) >= 11 is 7.59. The number of hydrogen-bond donors (Lipinski definition) is 1. The van der Waals surface area contributed by atoms with E-state index in [9.17, 15) is 14.0 Å². The Morgan fingerprint density at radius 2 is 2.03 bits per heavy atom. The van der Waals surface area contributed by atoms with Crippen molar-refractivity contribution < 1.29 is 14.0 Å². The van der Waals surface area contributed by atoms with Gasteiger partial charge in [-0.2, -0.15) is 0 Å². The third kappa shape index (κ3) is 4.48. The van der Waals surface area contributed by atoms with Gasteiger partial charge in [0, 0.05) is 41.4 Å². The predicted octanol–water partition coefficient (Wildman–Crippen LogP) is 5.34. The number of anilines is 1. The second kappa shape index (κ2) is 9.16. The number of halogens is 2. The molecule has 8 heteroatoms. The number of rotatable bonds is 5. The molecule has 2 heterocycles. The Kier molecular flexibility index (Phi) is 6.34. The van der Waals surface area contributed by atoms with E-state index in [2.05, 4.69) is 10.3 Å². The van der Waals surface area contributed by atoms with Crippen molar-refractivity contribution in [3.63, 3.8) is 0 Å². The van der Waals surface area contributed by atoms with Gasteiger partial charge in [0.05, 0.1) is 11.1 Å². The standard InChI is InChI=1S/C23H21ClFN3O2S/c1-28(13-16-17(24)8-4-9-18(16)25)23(30)20-15-7-2-3-10-19(15)31-22(20)27-21(29)14-6-5-11-26-12-14/h4-6,8-9,11-12H,2-3,7,10,13H2,1H3,(H,27,29). The minimum atomic E-state index is -0.454. The summed E-state index contributed by atoms with van der Waals surface area (Å²) in [6, 6.07) is 7.82. The summed E-state index contributed by atoms with van der Waals surface area (Å²) in [7, 11) is 1.62. The molecule has 1 N–H and O–H groups in total. The summed E-state index contributed by atoms with van der Waals surface area (Å²) in [5.41, 5.74) is 2.16. The van der Waals surface area contributed by atoms with Crippen LogP contribution in [0.25, 0.3) is 0 Å². The maximum absolute atomic E-state index is 14.2. The van der Waals surface area contributed by atoms with Crippen LogP contribution in [0.5, 0.6) is 0 Å². The van der Waals surface area contributed by atoms with Gasteiger partial charge in [0.25, 0.3) is 11.8 Å². The number of carbonyl (C=O) groups excluding carboxylic acids is 2. The Balaban J connectivity index is 1.65. The SMILES string of the molecule is CN(Cc1c(F)cccc1Cl)C(=O)c1c(NC(=O)c2cccnc2)sc2c1CCCC2. The smallest absolute Gasteiger partial charge is 0.257 e. The molecule has 5 nitrogen and oxygen atoms in total. The number of amides is 2. The van der Waals surface area contributed by atoms with Gasteiger partial charge in [0.15, 0.2) is 0 Å². The normalized spacial score (nSPS) is 12.9. The van der Waals surface area contributed by atoms with Crippen LogP contribution in [0.1, 0.15) is 49.6 Å². The van der Waals surface area contributed by atoms with E-state index in [4.69, 9.17) is 11.6 Å². The molecule has 3 aromatic rings. The van der Waals surface area contributed by atoms with Gasteiger partial charge in [-0.25, -0.2) is 4.39 Å². The quantitative estimate of drug-likeness (QED) is 0.562. The summed E-state index contributed by atoms with van der Waals surface area (Å²) in [4.78, 5) is 32.7. The zero-order chi connectivity index (χ0) is 22.0. The molecule has 4 rings (SSSR count). The Morgan fingerprint density at radius 3 is 2.77 bits per heavy atom. The number of nitrogens with zero attached hydrogens (tertiary/aromatic N) is 2. The Bertz CT molecular complexity index is 1110. The number of nitrogens with one attached hydrogen (secondary N) is 1. The van der Waals surface area contributed by atoms with Gasteiger partial charge in [0.1, 0.15) is 10.8 Å². The molecule has 0 saturated heterocycles. The Hall–Kier alpha value is -2.77. The molecule has 0 fully saturated rings. The molecule has 31 heavy (non-hydrogen) atoms. The van der Waals surface area contributed by atoms with Gasteiger partial charge in [-0.1, -0.05) is 17.7 Å². The first-order chi connectivity index (χ1) is 15.0. The van der Waals surface area contributed by atoms with E-state index in [1.807, 2.05) is 0 Å². The zero-order valence-corrected chi connectivity index (χ0v) is 18.5. The van der Waals surface area contributed by atoms with Crippen molar-refractivity contribution in [1.82, 2.24) is 9.88 Å². The minimum absolute atomic E-state index is 0.0327. The van der Waals surface area contributed by atoms with Crippen molar-refractivity contribution in [1.29, 1.82) is 0 Å². The molecule has 0 radical (unpaired) electrons. The number of aromatic nitrogens is 1. The van der Waals surface area contributed by atoms with Crippen LogP contribution in [0.15, 0.2) is 42.7 Å². The van der Waals surface area contributed by atoms with Crippen LogP contribution in [0.2, 0.25) is 5.02 Å². The van der Waals surface area contributed by atoms with Crippen LogP contribution in [-0.4, -0.2) is 28.7 Å². The molecule has 0 saturated carbocycles. The number of aryl methyl sites for hydroxylation is 1. The topological polar surface area (TPSA) is 62.3 Å². The number of carbonyl (C=O) groups is 2. The summed E-state index contributed by atoms with van der Waals surface area (Å²) in [5.74, 6) is -1.04. The molecular weight excluding hydrogens is 437 g/mol. The van der Waals surface area contributed by atoms with Crippen LogP contribution >= 0.6 is 22.9 Å². The molecule has 1 aromatic carbocycles. The lowest BCUT2D eigenvalue weighted by Gasteiger charge is -2.21. The van der Waals surface area contributed by atoms with Crippen LogP contribution < -0.4 is 5.32 Å². The van der Waals surface area contributed by atoms with Crippen LogP contribution in [0, 0.1) is 5.82 Å². The number of benzene rings is 1. The van der Waals surface area contributed by atoms with Crippen molar-refractivity contribution in [2.24, 2.45) is 0 Å². The van der Waals surface area contributed by atoms with Crippen LogP contribution in [0.4, 0.5) is 9.39 Å². The van der Waals surface area contributed by atoms with Gasteiger partial charge in [0.2, 0.25) is 0 Å². The predicted molar refractivity (Wildman–Crippen MR) is 120 cm³/mol. The lowest BCUT2D eigenvalue weighted by atomic mass is 9.95. The first-order valence-electron chi connectivity index (χ1n) is 10.00. The number of fused-ring (bicyclic) bond motifs is 1. The number of thiophene rings is 1. The molecule has 2 aromatic heterocycles. The third-order valence-corrected chi connectivity index (χ3v) is 6.90. The molecule has 1 aliphatic carbocycles. The fraction of sp³-hybridized carbons (Fsp3) is 0.261. The highest BCUT2D eigenvalue weighted by molar-refractivity contribution is 7.17. The Morgan fingerprint density at radius 1 is 1.23 bits per heavy atom. The molecule has 0 atom stereocenters. The summed E-state index contributed by atoms with van der Waals surface area (Å²) < 4.78 is 14.2. The van der Waals surface area contributed by atoms with Gasteiger partial charge in [-0.15, -0.1) is 11.3 Å². The van der Waals surface area contributed by atoms with E-state index in [0.717, 1.165) is 36.1 Å². The van der Waals surface area contributed by atoms with Crippen LogP contribution in [0.3, 0.4) is 0 Å². The molecule has 160 valence electrons. The second-order valence-corrected chi connectivity index (χ2v) is 8.98. The van der Waals surface area contributed by atoms with Crippen molar-refractivity contribution in [3.8, 4) is 0 Å². The first kappa shape index (κ1) is 21.5. The minimum Gasteiger partial charge on any atom is -0.337 e. The molecular formula is C23H21ClFN3O2S. The summed E-state index contributed by atoms with van der Waals surface area (Å²) in [6.45, 7) is 0.0327. The van der Waals surface area contributed by atoms with E-state index < -0.39 is 5.82 Å². The van der Waals surface area contributed by atoms with Gasteiger partial charge < -0.3 is 10.2 Å². The van der Waals surface area contributed by atoms with Crippen molar-refractivity contribution in [2.45, 2.75) is 32.2 Å². The number of pyridine rings is 1. The van der Waals surface area contributed by atoms with E-state index in [-0.39, 0.29) is 28.9 Å². The monoisotopic (exact) mass is 457 g/mol. The second-order valence-electron chi connectivity index (χ2n) is 7.47. The average molecular weight is 458 g/mol. The zero-order valence-electron chi connectivity index (χ0n) is 17.0. The maximum Gasteiger partial charge on any atom is 0.257 e. The first-order valence-corrected chi connectivity index (χ1v) is 11.2. The highest BCUT2D eigenvalue weighted by Crippen LogP contribution is 2.39. The van der Waals surface area contributed by atoms with E-state index >= 15 is 0 Å². The molecule has 1 aliphatic rings. The highest BCUT2D eigenvalue weighted by atomic mass is 35.5. The van der Waals surface area contributed by atoms with Crippen LogP contribution in [-0.2, 0) is 19.4 Å². The van der Waals surface area contributed by atoms with Gasteiger partial charge in [-0.3, -0.25) is 14.6 Å². The summed E-state index contributed by atoms with van der Waals surface area (Å²) in [5, 5.41) is 3.70. The molecule has 0 spiro atoms. The van der Waals surface area contributed by atoms with Crippen molar-refractivity contribution in [2.75, 3.05) is 12.4 Å². The van der Waals surface area contributed by atoms with Gasteiger partial charge in [-0.05, 0) is 55.5 Å². The third-order valence-electron chi connectivity index (χ3n) is 5.34. The van der Waals surface area contributed by atoms with Gasteiger partial charge >= 0.3 is 0 Å². The fourth-order valence-electron chi connectivity index (χ4n) is 3.74. The summed E-state index contributed by atoms with van der Waals surface area (Å²) in [6.07, 6.45) is 6.78. The van der Waals surface area contributed by atoms with Crippen molar-refractivity contribution in [3.05, 3.63) is 80.7 Å². The van der Waals surface area contributed by atoms with E-state index in [1.54, 1.807) is 31.4 Å².